The molecule has 0 N–H and O–H groups in total. The molecule has 0 spiro atoms. The molecule has 118 valence electrons. The first-order chi connectivity index (χ1) is 10.3. The van der Waals surface area contributed by atoms with Gasteiger partial charge in [0.2, 0.25) is 0 Å². The summed E-state index contributed by atoms with van der Waals surface area (Å²) in [5, 5.41) is 4.28. The van der Waals surface area contributed by atoms with Gasteiger partial charge in [-0.25, -0.2) is 9.67 Å². The highest BCUT2D eigenvalue weighted by Gasteiger charge is 2.38. The van der Waals surface area contributed by atoms with Gasteiger partial charge in [-0.15, -0.1) is 0 Å². The van der Waals surface area contributed by atoms with E-state index in [2.05, 4.69) is 21.9 Å². The molecular weight excluding hydrogens is 268 g/mol. The van der Waals surface area contributed by atoms with Gasteiger partial charge in [0.05, 0.1) is 25.9 Å². The first-order valence-corrected chi connectivity index (χ1v) is 8.04. The van der Waals surface area contributed by atoms with Crippen LogP contribution in [0.4, 0.5) is 0 Å². The number of aromatic nitrogens is 3. The van der Waals surface area contributed by atoms with Crippen molar-refractivity contribution in [3.05, 3.63) is 12.2 Å². The topological polar surface area (TPSA) is 52.4 Å². The van der Waals surface area contributed by atoms with Crippen molar-refractivity contribution < 1.29 is 9.47 Å². The smallest absolute Gasteiger partial charge is 0.141 e. The van der Waals surface area contributed by atoms with E-state index in [0.717, 1.165) is 38.7 Å². The largest absolute Gasteiger partial charge is 0.381 e. The van der Waals surface area contributed by atoms with Gasteiger partial charge in [-0.05, 0) is 19.8 Å². The van der Waals surface area contributed by atoms with Crippen molar-refractivity contribution in [2.45, 2.75) is 51.4 Å². The highest BCUT2D eigenvalue weighted by atomic mass is 16.5. The molecule has 6 heteroatoms. The fraction of sp³-hybridized carbons (Fsp3) is 0.867. The molecule has 2 fully saturated rings. The van der Waals surface area contributed by atoms with Gasteiger partial charge in [-0.1, -0.05) is 6.42 Å². The molecule has 0 radical (unpaired) electrons. The average Bonchev–Trinajstić information content (AvgIpc) is 3.16. The number of hydrogen-bond acceptors (Lipinski definition) is 5. The lowest BCUT2D eigenvalue weighted by Gasteiger charge is -2.40. The Balaban J connectivity index is 1.72. The van der Waals surface area contributed by atoms with Crippen LogP contribution in [0.25, 0.3) is 0 Å². The number of rotatable bonds is 5. The molecule has 0 unspecified atom stereocenters. The van der Waals surface area contributed by atoms with Crippen molar-refractivity contribution in [1.82, 2.24) is 19.7 Å². The minimum atomic E-state index is 0.378. The van der Waals surface area contributed by atoms with Crippen molar-refractivity contribution >= 4 is 0 Å². The third-order valence-electron chi connectivity index (χ3n) is 4.92. The lowest BCUT2D eigenvalue weighted by atomic mass is 9.94. The van der Waals surface area contributed by atoms with Crippen LogP contribution in [-0.4, -0.2) is 58.7 Å². The van der Waals surface area contributed by atoms with Crippen LogP contribution in [0.5, 0.6) is 0 Å². The molecular formula is C15H26N4O2. The van der Waals surface area contributed by atoms with Gasteiger partial charge in [0.1, 0.15) is 12.2 Å². The van der Waals surface area contributed by atoms with Crippen LogP contribution >= 0.6 is 0 Å². The minimum absolute atomic E-state index is 0.378. The van der Waals surface area contributed by atoms with Crippen molar-refractivity contribution in [3.63, 3.8) is 0 Å². The first kappa shape index (κ1) is 14.9. The first-order valence-electron chi connectivity index (χ1n) is 8.04. The van der Waals surface area contributed by atoms with Crippen molar-refractivity contribution in [1.29, 1.82) is 0 Å². The van der Waals surface area contributed by atoms with E-state index in [1.807, 2.05) is 11.8 Å². The lowest BCUT2D eigenvalue weighted by molar-refractivity contribution is -0.0619. The van der Waals surface area contributed by atoms with E-state index in [4.69, 9.17) is 9.47 Å². The Morgan fingerprint density at radius 3 is 3.14 bits per heavy atom. The molecule has 1 aliphatic carbocycles. The van der Waals surface area contributed by atoms with Gasteiger partial charge in [0, 0.05) is 32.2 Å². The van der Waals surface area contributed by atoms with E-state index in [9.17, 15) is 0 Å². The molecule has 3 rings (SSSR count). The molecule has 1 aromatic rings. The van der Waals surface area contributed by atoms with Crippen LogP contribution in [0.1, 0.15) is 32.0 Å². The number of hydrogen-bond donors (Lipinski definition) is 0. The predicted molar refractivity (Wildman–Crippen MR) is 78.9 cm³/mol. The quantitative estimate of drug-likeness (QED) is 0.819. The Morgan fingerprint density at radius 1 is 1.43 bits per heavy atom. The average molecular weight is 294 g/mol. The lowest BCUT2D eigenvalue weighted by Crippen LogP contribution is -2.51. The van der Waals surface area contributed by atoms with E-state index < -0.39 is 0 Å². The summed E-state index contributed by atoms with van der Waals surface area (Å²) < 4.78 is 13.4. The van der Waals surface area contributed by atoms with Crippen LogP contribution in [0, 0.1) is 5.92 Å². The summed E-state index contributed by atoms with van der Waals surface area (Å²) >= 11 is 0. The van der Waals surface area contributed by atoms with Gasteiger partial charge in [-0.3, -0.25) is 4.90 Å². The Hall–Kier alpha value is -0.980. The number of ether oxygens (including phenoxy) is 2. The molecule has 0 amide bonds. The highest BCUT2D eigenvalue weighted by Crippen LogP contribution is 2.34. The number of aryl methyl sites for hydroxylation is 1. The maximum absolute atomic E-state index is 5.75. The van der Waals surface area contributed by atoms with E-state index >= 15 is 0 Å². The Morgan fingerprint density at radius 2 is 2.33 bits per heavy atom. The minimum Gasteiger partial charge on any atom is -0.381 e. The Bertz CT molecular complexity index is 451. The van der Waals surface area contributed by atoms with E-state index in [0.29, 0.717) is 18.1 Å². The van der Waals surface area contributed by atoms with Crippen molar-refractivity contribution in [3.8, 4) is 0 Å². The van der Waals surface area contributed by atoms with Gasteiger partial charge >= 0.3 is 0 Å². The maximum Gasteiger partial charge on any atom is 0.141 e. The fourth-order valence-corrected chi connectivity index (χ4v) is 3.79. The van der Waals surface area contributed by atoms with Gasteiger partial charge < -0.3 is 9.47 Å². The molecule has 6 nitrogen and oxygen atoms in total. The summed E-state index contributed by atoms with van der Waals surface area (Å²) in [6, 6.07) is 0.438. The SMILES string of the molecule is CCn1ncnc1CN1CCOC[C@@H]1[C@H]1CCC[C@@H]1OC. The second kappa shape index (κ2) is 6.85. The maximum atomic E-state index is 5.75. The van der Waals surface area contributed by atoms with Crippen LogP contribution in [0.2, 0.25) is 0 Å². The molecule has 21 heavy (non-hydrogen) atoms. The molecule has 2 heterocycles. The third-order valence-corrected chi connectivity index (χ3v) is 4.92. The summed E-state index contributed by atoms with van der Waals surface area (Å²) in [4.78, 5) is 6.94. The summed E-state index contributed by atoms with van der Waals surface area (Å²) in [6.07, 6.45) is 5.71. The van der Waals surface area contributed by atoms with E-state index in [1.165, 1.54) is 19.3 Å². The van der Waals surface area contributed by atoms with Crippen LogP contribution < -0.4 is 0 Å². The summed E-state index contributed by atoms with van der Waals surface area (Å²) in [6.45, 7) is 6.41. The summed E-state index contributed by atoms with van der Waals surface area (Å²) in [5.41, 5.74) is 0. The van der Waals surface area contributed by atoms with Crippen molar-refractivity contribution in [2.24, 2.45) is 5.92 Å². The molecule has 1 saturated carbocycles. The highest BCUT2D eigenvalue weighted by molar-refractivity contribution is 4.93. The standard InChI is InChI=1S/C15H26N4O2/c1-3-19-15(16-11-17-19)9-18-7-8-21-10-13(18)12-5-4-6-14(12)20-2/h11-14H,3-10H2,1-2H3/t12-,13-,14+/m1/s1. The second-order valence-corrected chi connectivity index (χ2v) is 5.97. The predicted octanol–water partition coefficient (Wildman–Crippen LogP) is 1.31. The molecule has 2 aliphatic rings. The zero-order valence-corrected chi connectivity index (χ0v) is 13.1. The Kier molecular flexibility index (Phi) is 4.87. The number of morpholine rings is 1. The van der Waals surface area contributed by atoms with Gasteiger partial charge in [-0.2, -0.15) is 5.10 Å². The second-order valence-electron chi connectivity index (χ2n) is 5.97. The monoisotopic (exact) mass is 294 g/mol. The Labute approximate surface area is 126 Å². The third kappa shape index (κ3) is 3.12. The molecule has 1 saturated heterocycles. The molecule has 1 aliphatic heterocycles. The normalized spacial score (nSPS) is 30.9. The van der Waals surface area contributed by atoms with Crippen LogP contribution in [-0.2, 0) is 22.6 Å². The zero-order valence-electron chi connectivity index (χ0n) is 13.1. The van der Waals surface area contributed by atoms with Gasteiger partial charge in [0.25, 0.3) is 0 Å². The fourth-order valence-electron chi connectivity index (χ4n) is 3.79. The van der Waals surface area contributed by atoms with Crippen molar-refractivity contribution in [2.75, 3.05) is 26.9 Å². The number of nitrogens with zero attached hydrogens (tertiary/aromatic N) is 4. The molecule has 0 bridgehead atoms. The van der Waals surface area contributed by atoms with E-state index in [-0.39, 0.29) is 0 Å². The summed E-state index contributed by atoms with van der Waals surface area (Å²) in [7, 11) is 1.84. The molecule has 0 aromatic carbocycles. The van der Waals surface area contributed by atoms with Crippen LogP contribution in [0.3, 0.4) is 0 Å². The van der Waals surface area contributed by atoms with Gasteiger partial charge in [0.15, 0.2) is 0 Å². The zero-order chi connectivity index (χ0) is 14.7. The van der Waals surface area contributed by atoms with E-state index in [1.54, 1.807) is 6.33 Å². The van der Waals surface area contributed by atoms with Crippen LogP contribution in [0.15, 0.2) is 6.33 Å². The number of methoxy groups -OCH3 is 1. The summed E-state index contributed by atoms with van der Waals surface area (Å²) in [5.74, 6) is 1.63. The molecule has 3 atom stereocenters. The molecule has 1 aromatic heterocycles.